The fraction of sp³-hybridized carbons (Fsp3) is 0.524. The number of aromatic amines is 1. The molecule has 2 aromatic rings. The second kappa shape index (κ2) is 7.52. The van der Waals surface area contributed by atoms with Gasteiger partial charge in [0.25, 0.3) is 5.91 Å². The maximum Gasteiger partial charge on any atom is 0.253 e. The van der Waals surface area contributed by atoms with E-state index in [9.17, 15) is 9.59 Å². The molecular weight excluding hydrogens is 326 g/mol. The zero-order valence-electron chi connectivity index (χ0n) is 15.2. The van der Waals surface area contributed by atoms with Crippen LogP contribution in [0.4, 0.5) is 0 Å². The maximum absolute atomic E-state index is 12.9. The minimum absolute atomic E-state index is 0.0308. The average molecular weight is 353 g/mol. The van der Waals surface area contributed by atoms with Crippen LogP contribution in [0.2, 0.25) is 0 Å². The summed E-state index contributed by atoms with van der Waals surface area (Å²) < 4.78 is 0. The standard InChI is InChI=1S/C21H27N3O2/c25-20(23-18-6-2-1-3-7-18)17-5-4-12-24(14-17)21(26)16-8-9-19-15(13-16)10-11-22-19/h8-11,13,17-18,22H,1-7,12,14H2,(H,23,25)/t17-/m0/s1. The van der Waals surface area contributed by atoms with E-state index in [2.05, 4.69) is 10.3 Å². The first kappa shape index (κ1) is 17.1. The van der Waals surface area contributed by atoms with Crippen LogP contribution in [0.25, 0.3) is 10.9 Å². The van der Waals surface area contributed by atoms with Gasteiger partial charge in [-0.2, -0.15) is 0 Å². The van der Waals surface area contributed by atoms with Crippen LogP contribution in [-0.4, -0.2) is 40.8 Å². The van der Waals surface area contributed by atoms with Crippen molar-refractivity contribution in [2.45, 2.75) is 51.0 Å². The van der Waals surface area contributed by atoms with E-state index in [0.717, 1.165) is 43.1 Å². The minimum Gasteiger partial charge on any atom is -0.361 e. The van der Waals surface area contributed by atoms with Gasteiger partial charge in [0.2, 0.25) is 5.91 Å². The fourth-order valence-corrected chi connectivity index (χ4v) is 4.31. The summed E-state index contributed by atoms with van der Waals surface area (Å²) in [7, 11) is 0. The number of benzene rings is 1. The Morgan fingerprint density at radius 3 is 2.73 bits per heavy atom. The number of hydrogen-bond donors (Lipinski definition) is 2. The number of likely N-dealkylation sites (tertiary alicyclic amines) is 1. The van der Waals surface area contributed by atoms with E-state index >= 15 is 0 Å². The number of carbonyl (C=O) groups is 2. The molecule has 2 aliphatic rings. The largest absolute Gasteiger partial charge is 0.361 e. The predicted octanol–water partition coefficient (Wildman–Crippen LogP) is 3.47. The van der Waals surface area contributed by atoms with Crippen LogP contribution in [0.15, 0.2) is 30.5 Å². The summed E-state index contributed by atoms with van der Waals surface area (Å²) in [6.07, 6.45) is 9.54. The molecule has 26 heavy (non-hydrogen) atoms. The van der Waals surface area contributed by atoms with E-state index in [0.29, 0.717) is 18.2 Å². The van der Waals surface area contributed by atoms with Crippen LogP contribution < -0.4 is 5.32 Å². The Kier molecular flexibility index (Phi) is 4.96. The third-order valence-electron chi connectivity index (χ3n) is 5.83. The van der Waals surface area contributed by atoms with Crippen LogP contribution in [0.5, 0.6) is 0 Å². The number of amides is 2. The number of hydrogen-bond acceptors (Lipinski definition) is 2. The highest BCUT2D eigenvalue weighted by Crippen LogP contribution is 2.23. The summed E-state index contributed by atoms with van der Waals surface area (Å²) in [5, 5.41) is 4.27. The summed E-state index contributed by atoms with van der Waals surface area (Å²) in [5.74, 6) is 0.0874. The molecule has 0 bridgehead atoms. The van der Waals surface area contributed by atoms with E-state index < -0.39 is 0 Å². The van der Waals surface area contributed by atoms with Gasteiger partial charge < -0.3 is 15.2 Å². The molecule has 5 heteroatoms. The van der Waals surface area contributed by atoms with Crippen molar-refractivity contribution in [3.05, 3.63) is 36.0 Å². The van der Waals surface area contributed by atoms with Gasteiger partial charge in [0.15, 0.2) is 0 Å². The Hall–Kier alpha value is -2.30. The van der Waals surface area contributed by atoms with Crippen LogP contribution in [0.3, 0.4) is 0 Å². The molecule has 1 saturated carbocycles. The normalized spacial score (nSPS) is 21.7. The summed E-state index contributed by atoms with van der Waals surface area (Å²) in [4.78, 5) is 30.6. The van der Waals surface area contributed by atoms with Gasteiger partial charge in [0, 0.05) is 41.8 Å². The summed E-state index contributed by atoms with van der Waals surface area (Å²) in [6, 6.07) is 8.05. The quantitative estimate of drug-likeness (QED) is 0.887. The van der Waals surface area contributed by atoms with E-state index in [1.807, 2.05) is 35.4 Å². The Morgan fingerprint density at radius 2 is 1.88 bits per heavy atom. The Bertz CT molecular complexity index is 791. The van der Waals surface area contributed by atoms with Gasteiger partial charge in [-0.15, -0.1) is 0 Å². The first-order valence-corrected chi connectivity index (χ1v) is 9.87. The molecule has 2 fully saturated rings. The molecule has 4 rings (SSSR count). The molecule has 0 spiro atoms. The molecule has 1 aliphatic carbocycles. The van der Waals surface area contributed by atoms with Crippen molar-refractivity contribution in [1.82, 2.24) is 15.2 Å². The van der Waals surface area contributed by atoms with Crippen LogP contribution >= 0.6 is 0 Å². The molecule has 1 saturated heterocycles. The molecule has 0 radical (unpaired) electrons. The van der Waals surface area contributed by atoms with Crippen molar-refractivity contribution >= 4 is 22.7 Å². The van der Waals surface area contributed by atoms with Gasteiger partial charge in [-0.3, -0.25) is 9.59 Å². The van der Waals surface area contributed by atoms with Crippen molar-refractivity contribution < 1.29 is 9.59 Å². The highest BCUT2D eigenvalue weighted by Gasteiger charge is 2.30. The SMILES string of the molecule is O=C(NC1CCCCC1)[C@H]1CCCN(C(=O)c2ccc3[nH]ccc3c2)C1. The van der Waals surface area contributed by atoms with Gasteiger partial charge in [-0.1, -0.05) is 19.3 Å². The summed E-state index contributed by atoms with van der Waals surface area (Å²) in [5.41, 5.74) is 1.73. The number of piperidine rings is 1. The van der Waals surface area contributed by atoms with Crippen molar-refractivity contribution in [2.75, 3.05) is 13.1 Å². The number of H-pyrrole nitrogens is 1. The predicted molar refractivity (Wildman–Crippen MR) is 102 cm³/mol. The van der Waals surface area contributed by atoms with E-state index in [1.165, 1.54) is 19.3 Å². The van der Waals surface area contributed by atoms with Gasteiger partial charge in [0.05, 0.1) is 5.92 Å². The summed E-state index contributed by atoms with van der Waals surface area (Å²) >= 11 is 0. The van der Waals surface area contributed by atoms with Crippen LogP contribution in [0.1, 0.15) is 55.3 Å². The van der Waals surface area contributed by atoms with E-state index in [-0.39, 0.29) is 17.7 Å². The molecule has 1 aromatic heterocycles. The average Bonchev–Trinajstić information content (AvgIpc) is 3.16. The smallest absolute Gasteiger partial charge is 0.253 e. The molecule has 5 nitrogen and oxygen atoms in total. The second-order valence-electron chi connectivity index (χ2n) is 7.71. The van der Waals surface area contributed by atoms with Crippen molar-refractivity contribution in [1.29, 1.82) is 0 Å². The van der Waals surface area contributed by atoms with Gasteiger partial charge in [0.1, 0.15) is 0 Å². The van der Waals surface area contributed by atoms with E-state index in [4.69, 9.17) is 0 Å². The van der Waals surface area contributed by atoms with Gasteiger partial charge in [-0.05, 0) is 49.9 Å². The molecule has 2 heterocycles. The minimum atomic E-state index is -0.0781. The molecule has 1 atom stereocenters. The van der Waals surface area contributed by atoms with Crippen molar-refractivity contribution in [3.63, 3.8) is 0 Å². The molecule has 138 valence electrons. The molecular formula is C21H27N3O2. The fourth-order valence-electron chi connectivity index (χ4n) is 4.31. The number of carbonyl (C=O) groups excluding carboxylic acids is 2. The summed E-state index contributed by atoms with van der Waals surface area (Å²) in [6.45, 7) is 1.26. The Labute approximate surface area is 154 Å². The highest BCUT2D eigenvalue weighted by atomic mass is 16.2. The van der Waals surface area contributed by atoms with E-state index in [1.54, 1.807) is 0 Å². The number of aromatic nitrogens is 1. The lowest BCUT2D eigenvalue weighted by Crippen LogP contribution is -2.47. The first-order chi connectivity index (χ1) is 12.7. The lowest BCUT2D eigenvalue weighted by Gasteiger charge is -2.33. The third-order valence-corrected chi connectivity index (χ3v) is 5.83. The van der Waals surface area contributed by atoms with Crippen molar-refractivity contribution in [2.24, 2.45) is 5.92 Å². The molecule has 2 N–H and O–H groups in total. The monoisotopic (exact) mass is 353 g/mol. The Morgan fingerprint density at radius 1 is 1.04 bits per heavy atom. The van der Waals surface area contributed by atoms with Gasteiger partial charge in [-0.25, -0.2) is 0 Å². The maximum atomic E-state index is 12.9. The Balaban J connectivity index is 1.40. The number of nitrogens with zero attached hydrogens (tertiary/aromatic N) is 1. The molecule has 0 unspecified atom stereocenters. The second-order valence-corrected chi connectivity index (χ2v) is 7.71. The molecule has 2 amide bonds. The van der Waals surface area contributed by atoms with Crippen LogP contribution in [-0.2, 0) is 4.79 Å². The topological polar surface area (TPSA) is 65.2 Å². The lowest BCUT2D eigenvalue weighted by molar-refractivity contribution is -0.127. The first-order valence-electron chi connectivity index (χ1n) is 9.87. The molecule has 1 aromatic carbocycles. The number of nitrogens with one attached hydrogen (secondary N) is 2. The lowest BCUT2D eigenvalue weighted by atomic mass is 9.92. The van der Waals surface area contributed by atoms with Crippen molar-refractivity contribution in [3.8, 4) is 0 Å². The zero-order chi connectivity index (χ0) is 17.9. The number of fused-ring (bicyclic) bond motifs is 1. The number of rotatable bonds is 3. The third kappa shape index (κ3) is 3.62. The molecule has 1 aliphatic heterocycles. The van der Waals surface area contributed by atoms with Crippen LogP contribution in [0, 0.1) is 5.92 Å². The highest BCUT2D eigenvalue weighted by molar-refractivity contribution is 5.98. The zero-order valence-corrected chi connectivity index (χ0v) is 15.2. The van der Waals surface area contributed by atoms with Gasteiger partial charge >= 0.3 is 0 Å².